The Morgan fingerprint density at radius 3 is 2.39 bits per heavy atom. The topological polar surface area (TPSA) is 50.4 Å². The molecule has 2 N–H and O–H groups in total. The Kier molecular flexibility index (Phi) is 4.55. The van der Waals surface area contributed by atoms with Crippen molar-refractivity contribution >= 4 is 11.7 Å². The van der Waals surface area contributed by atoms with E-state index in [-0.39, 0.29) is 5.56 Å². The third-order valence-corrected chi connectivity index (χ3v) is 2.22. The van der Waals surface area contributed by atoms with Gasteiger partial charge in [-0.1, -0.05) is 13.8 Å². The molecule has 0 fully saturated rings. The highest BCUT2D eigenvalue weighted by atomic mass is 19.2. The fourth-order valence-corrected chi connectivity index (χ4v) is 1.51. The number of carbonyl (C=O) groups excluding carboxylic acids is 1. The van der Waals surface area contributed by atoms with Crippen molar-refractivity contribution in [2.24, 2.45) is 0 Å². The predicted molar refractivity (Wildman–Crippen MR) is 59.6 cm³/mol. The Balaban J connectivity index is 3.24. The molecule has 0 aromatic heterocycles. The molecule has 0 aliphatic heterocycles. The van der Waals surface area contributed by atoms with Crippen LogP contribution < -0.4 is 10.8 Å². The van der Waals surface area contributed by atoms with E-state index in [1.165, 1.54) is 7.11 Å². The van der Waals surface area contributed by atoms with E-state index in [4.69, 9.17) is 0 Å². The van der Waals surface area contributed by atoms with Crippen LogP contribution in [0.1, 0.15) is 25.3 Å². The van der Waals surface area contributed by atoms with Gasteiger partial charge in [0.25, 0.3) is 0 Å². The summed E-state index contributed by atoms with van der Waals surface area (Å²) in [6, 6.07) is -0.506. The van der Waals surface area contributed by atoms with Crippen LogP contribution in [-0.2, 0) is 4.84 Å². The summed E-state index contributed by atoms with van der Waals surface area (Å²) in [4.78, 5) is 15.5. The first-order valence-electron chi connectivity index (χ1n) is 5.15. The van der Waals surface area contributed by atoms with Gasteiger partial charge in [-0.25, -0.2) is 23.4 Å². The number of nitrogens with one attached hydrogen (secondary N) is 2. The Morgan fingerprint density at radius 1 is 1.28 bits per heavy atom. The van der Waals surface area contributed by atoms with Crippen LogP contribution in [0.2, 0.25) is 0 Å². The Bertz CT molecular complexity index is 464. The normalized spacial score (nSPS) is 10.6. The summed E-state index contributed by atoms with van der Waals surface area (Å²) >= 11 is 0. The number of amides is 2. The fraction of sp³-hybridized carbons (Fsp3) is 0.364. The summed E-state index contributed by atoms with van der Waals surface area (Å²) in [5, 5.41) is 2.07. The van der Waals surface area contributed by atoms with Crippen molar-refractivity contribution in [1.29, 1.82) is 0 Å². The molecule has 0 bridgehead atoms. The monoisotopic (exact) mass is 262 g/mol. The first kappa shape index (κ1) is 14.3. The molecule has 0 heterocycles. The lowest BCUT2D eigenvalue weighted by molar-refractivity contribution is 0.114. The molecule has 100 valence electrons. The van der Waals surface area contributed by atoms with Crippen LogP contribution in [0.4, 0.5) is 23.7 Å². The van der Waals surface area contributed by atoms with Crippen molar-refractivity contribution < 1.29 is 22.8 Å². The molecule has 18 heavy (non-hydrogen) atoms. The summed E-state index contributed by atoms with van der Waals surface area (Å²) in [5.41, 5.74) is 1.25. The number of benzene rings is 1. The minimum Gasteiger partial charge on any atom is -0.303 e. The maximum absolute atomic E-state index is 13.6. The van der Waals surface area contributed by atoms with Crippen LogP contribution >= 0.6 is 0 Å². The molecule has 0 atom stereocenters. The van der Waals surface area contributed by atoms with Gasteiger partial charge in [0, 0.05) is 11.6 Å². The van der Waals surface area contributed by atoms with E-state index in [0.717, 1.165) is 0 Å². The molecule has 2 amide bonds. The van der Waals surface area contributed by atoms with E-state index in [0.29, 0.717) is 6.07 Å². The van der Waals surface area contributed by atoms with Crippen molar-refractivity contribution in [1.82, 2.24) is 5.48 Å². The van der Waals surface area contributed by atoms with Crippen LogP contribution in [-0.4, -0.2) is 13.1 Å². The van der Waals surface area contributed by atoms with Gasteiger partial charge in [-0.15, -0.1) is 0 Å². The number of rotatable bonds is 3. The van der Waals surface area contributed by atoms with Gasteiger partial charge in [0.15, 0.2) is 11.6 Å². The molecule has 1 rings (SSSR count). The predicted octanol–water partition coefficient (Wildman–Crippen LogP) is 2.91. The van der Waals surface area contributed by atoms with Crippen LogP contribution in [0, 0.1) is 17.5 Å². The number of anilines is 1. The Labute approximate surface area is 102 Å². The summed E-state index contributed by atoms with van der Waals surface area (Å²) < 4.78 is 40.2. The van der Waals surface area contributed by atoms with E-state index in [1.54, 1.807) is 13.8 Å². The van der Waals surface area contributed by atoms with Gasteiger partial charge in [0.05, 0.1) is 12.8 Å². The number of carbonyl (C=O) groups is 1. The average molecular weight is 262 g/mol. The van der Waals surface area contributed by atoms with Gasteiger partial charge < -0.3 is 5.32 Å². The Hall–Kier alpha value is -1.76. The second-order valence-corrected chi connectivity index (χ2v) is 3.86. The van der Waals surface area contributed by atoms with Crippen LogP contribution in [0.5, 0.6) is 0 Å². The van der Waals surface area contributed by atoms with Gasteiger partial charge in [0.1, 0.15) is 5.82 Å². The first-order chi connectivity index (χ1) is 8.38. The SMILES string of the molecule is CONC(=O)Nc1c(F)cc(F)c(F)c1C(C)C. The van der Waals surface area contributed by atoms with Gasteiger partial charge >= 0.3 is 6.03 Å². The largest absolute Gasteiger partial charge is 0.343 e. The standard InChI is InChI=1S/C11H13F3N2O2/c1-5(2)8-9(14)6(12)4-7(13)10(8)15-11(17)16-18-3/h4-5H,1-3H3,(H2,15,16,17). The Morgan fingerprint density at radius 2 is 1.89 bits per heavy atom. The van der Waals surface area contributed by atoms with Crippen LogP contribution in [0.3, 0.4) is 0 Å². The average Bonchev–Trinajstić information content (AvgIpc) is 2.25. The lowest BCUT2D eigenvalue weighted by Gasteiger charge is -2.16. The maximum atomic E-state index is 13.6. The molecule has 0 spiro atoms. The van der Waals surface area contributed by atoms with Crippen molar-refractivity contribution in [3.8, 4) is 0 Å². The number of halogens is 3. The number of hydroxylamine groups is 1. The molecule has 1 aromatic rings. The van der Waals surface area contributed by atoms with E-state index >= 15 is 0 Å². The minimum atomic E-state index is -1.30. The second-order valence-electron chi connectivity index (χ2n) is 3.86. The first-order valence-corrected chi connectivity index (χ1v) is 5.15. The molecule has 4 nitrogen and oxygen atoms in total. The van der Waals surface area contributed by atoms with Crippen LogP contribution in [0.25, 0.3) is 0 Å². The van der Waals surface area contributed by atoms with Crippen molar-refractivity contribution in [3.05, 3.63) is 29.1 Å². The zero-order chi connectivity index (χ0) is 13.9. The zero-order valence-electron chi connectivity index (χ0n) is 10.1. The molecule has 0 saturated heterocycles. The highest BCUT2D eigenvalue weighted by Crippen LogP contribution is 2.31. The fourth-order valence-electron chi connectivity index (χ4n) is 1.51. The summed E-state index contributed by atoms with van der Waals surface area (Å²) in [5.74, 6) is -4.04. The molecule has 0 radical (unpaired) electrons. The number of hydrogen-bond acceptors (Lipinski definition) is 2. The van der Waals surface area contributed by atoms with Crippen molar-refractivity contribution in [2.45, 2.75) is 19.8 Å². The molecule has 7 heteroatoms. The van der Waals surface area contributed by atoms with E-state index in [2.05, 4.69) is 10.2 Å². The molecule has 0 saturated carbocycles. The third-order valence-electron chi connectivity index (χ3n) is 2.22. The third kappa shape index (κ3) is 2.92. The maximum Gasteiger partial charge on any atom is 0.343 e. The lowest BCUT2D eigenvalue weighted by atomic mass is 9.99. The highest BCUT2D eigenvalue weighted by Gasteiger charge is 2.22. The van der Waals surface area contributed by atoms with Gasteiger partial charge in [-0.05, 0) is 5.92 Å². The van der Waals surface area contributed by atoms with Crippen molar-refractivity contribution in [3.63, 3.8) is 0 Å². The highest BCUT2D eigenvalue weighted by molar-refractivity contribution is 5.89. The molecule has 0 aliphatic rings. The van der Waals surface area contributed by atoms with Crippen molar-refractivity contribution in [2.75, 3.05) is 12.4 Å². The molecule has 1 aromatic carbocycles. The van der Waals surface area contributed by atoms with Crippen LogP contribution in [0.15, 0.2) is 6.07 Å². The number of hydrogen-bond donors (Lipinski definition) is 2. The minimum absolute atomic E-state index is 0.237. The van der Waals surface area contributed by atoms with E-state index in [9.17, 15) is 18.0 Å². The molecule has 0 aliphatic carbocycles. The summed E-state index contributed by atoms with van der Waals surface area (Å²) in [7, 11) is 1.19. The molecular formula is C11H13F3N2O2. The van der Waals surface area contributed by atoms with Gasteiger partial charge in [-0.3, -0.25) is 4.84 Å². The zero-order valence-corrected chi connectivity index (χ0v) is 10.1. The van der Waals surface area contributed by atoms with Gasteiger partial charge in [-0.2, -0.15) is 0 Å². The quantitative estimate of drug-likeness (QED) is 0.650. The molecule has 0 unspecified atom stereocenters. The summed E-state index contributed by atoms with van der Waals surface area (Å²) in [6.45, 7) is 3.10. The summed E-state index contributed by atoms with van der Waals surface area (Å²) in [6.07, 6.45) is 0. The second kappa shape index (κ2) is 5.72. The smallest absolute Gasteiger partial charge is 0.303 e. The molecular weight excluding hydrogens is 249 g/mol. The van der Waals surface area contributed by atoms with Gasteiger partial charge in [0.2, 0.25) is 0 Å². The number of urea groups is 1. The van der Waals surface area contributed by atoms with E-state index in [1.807, 2.05) is 5.48 Å². The lowest BCUT2D eigenvalue weighted by Crippen LogP contribution is -2.29. The van der Waals surface area contributed by atoms with E-state index < -0.39 is 35.1 Å².